The molecule has 10 aromatic rings. The molecular formula is C60H51BN4. The van der Waals surface area contributed by atoms with Crippen molar-refractivity contribution in [3.05, 3.63) is 199 Å². The number of aryl methyl sites for hydroxylation is 1. The standard InChI is InChI=1S/C60H51BN4/c1-38-34-53-56-54(35-38)65-51-25-17-16-24-46(51)47-36-40(39-18-10-8-11-19-39)37-50(57(47)65)61(56)49-31-33-55(62-58(49)64(53)42-20-12-9-13-21-42)63(43-28-26-41(27-29-43)59(2,3)4)52-32-30-48(60(5,6)7)44-22-14-15-23-45(44)52/h8-37H,1-7H3. The van der Waals surface area contributed by atoms with E-state index in [1.165, 1.54) is 82.5 Å². The first-order chi connectivity index (χ1) is 31.4. The van der Waals surface area contributed by atoms with Gasteiger partial charge >= 0.3 is 0 Å². The minimum Gasteiger partial charge on any atom is -0.310 e. The van der Waals surface area contributed by atoms with Crippen LogP contribution in [0.3, 0.4) is 0 Å². The summed E-state index contributed by atoms with van der Waals surface area (Å²) in [5.74, 6) is 1.81. The van der Waals surface area contributed by atoms with Crippen molar-refractivity contribution in [2.24, 2.45) is 0 Å². The first-order valence-corrected chi connectivity index (χ1v) is 23.0. The fraction of sp³-hybridized carbons (Fsp3) is 0.150. The molecule has 5 heteroatoms. The molecule has 0 radical (unpaired) electrons. The van der Waals surface area contributed by atoms with Crippen molar-refractivity contribution >= 4 is 90.1 Å². The van der Waals surface area contributed by atoms with Gasteiger partial charge in [0.15, 0.2) is 0 Å². The Labute approximate surface area is 382 Å². The highest BCUT2D eigenvalue weighted by atomic mass is 15.3. The highest BCUT2D eigenvalue weighted by Gasteiger charge is 2.43. The zero-order valence-corrected chi connectivity index (χ0v) is 38.2. The average molecular weight is 839 g/mol. The van der Waals surface area contributed by atoms with Gasteiger partial charge in [-0.3, -0.25) is 9.80 Å². The molecule has 0 N–H and O–H groups in total. The van der Waals surface area contributed by atoms with E-state index in [0.717, 1.165) is 34.4 Å². The van der Waals surface area contributed by atoms with Gasteiger partial charge in [-0.25, -0.2) is 4.98 Å². The summed E-state index contributed by atoms with van der Waals surface area (Å²) in [5.41, 5.74) is 18.2. The molecule has 0 amide bonds. The molecular weight excluding hydrogens is 787 g/mol. The number of nitrogens with zero attached hydrogens (tertiary/aromatic N) is 4. The summed E-state index contributed by atoms with van der Waals surface area (Å²) in [6, 6.07) is 67.6. The molecule has 2 aromatic heterocycles. The van der Waals surface area contributed by atoms with E-state index in [0.29, 0.717) is 0 Å². The van der Waals surface area contributed by atoms with Crippen molar-refractivity contribution in [3.8, 4) is 16.8 Å². The van der Waals surface area contributed by atoms with Crippen molar-refractivity contribution in [3.63, 3.8) is 0 Å². The summed E-state index contributed by atoms with van der Waals surface area (Å²) in [5, 5.41) is 5.00. The normalized spacial score (nSPS) is 13.1. The van der Waals surface area contributed by atoms with E-state index >= 15 is 0 Å². The van der Waals surface area contributed by atoms with Crippen molar-refractivity contribution < 1.29 is 0 Å². The van der Waals surface area contributed by atoms with Crippen LogP contribution in [0.5, 0.6) is 0 Å². The van der Waals surface area contributed by atoms with Crippen molar-refractivity contribution in [1.29, 1.82) is 0 Å². The minimum atomic E-state index is -0.0634. The topological polar surface area (TPSA) is 24.3 Å². The second-order valence-corrected chi connectivity index (χ2v) is 20.1. The van der Waals surface area contributed by atoms with Crippen LogP contribution in [0.25, 0.3) is 49.4 Å². The molecule has 314 valence electrons. The Kier molecular flexibility index (Phi) is 8.65. The van der Waals surface area contributed by atoms with E-state index in [1.807, 2.05) is 0 Å². The maximum atomic E-state index is 5.94. The Hall–Kier alpha value is -7.37. The van der Waals surface area contributed by atoms with Gasteiger partial charge in [0.25, 0.3) is 6.71 Å². The molecule has 2 aliphatic heterocycles. The third kappa shape index (κ3) is 6.09. The fourth-order valence-electron chi connectivity index (χ4n) is 10.9. The zero-order chi connectivity index (χ0) is 44.4. The van der Waals surface area contributed by atoms with Gasteiger partial charge in [-0.1, -0.05) is 163 Å². The van der Waals surface area contributed by atoms with Gasteiger partial charge in [0.05, 0.1) is 11.2 Å². The molecule has 8 aromatic carbocycles. The lowest BCUT2D eigenvalue weighted by molar-refractivity contribution is 0.590. The van der Waals surface area contributed by atoms with Gasteiger partial charge in [0.2, 0.25) is 0 Å². The quantitative estimate of drug-likeness (QED) is 0.161. The first kappa shape index (κ1) is 39.2. The van der Waals surface area contributed by atoms with E-state index < -0.39 is 0 Å². The van der Waals surface area contributed by atoms with E-state index in [4.69, 9.17) is 4.98 Å². The Morgan fingerprint density at radius 3 is 1.91 bits per heavy atom. The number of benzene rings is 8. The number of rotatable bonds is 5. The third-order valence-corrected chi connectivity index (χ3v) is 13.9. The van der Waals surface area contributed by atoms with Crippen LogP contribution in [-0.2, 0) is 10.8 Å². The summed E-state index contributed by atoms with van der Waals surface area (Å²) in [7, 11) is 0. The summed E-state index contributed by atoms with van der Waals surface area (Å²) in [6.07, 6.45) is 0. The SMILES string of the molecule is Cc1cc2c3c(c1)-n1c4ccccc4c4cc(-c5ccccc5)cc(c41)B3c1ccc(N(c3ccc(C(C)(C)C)cc3)c3ccc(C(C)(C)C)c4ccccc34)nc1N2c1ccccc1. The Balaban J connectivity index is 1.17. The Bertz CT molecular complexity index is 3520. The lowest BCUT2D eigenvalue weighted by Gasteiger charge is -2.40. The van der Waals surface area contributed by atoms with Gasteiger partial charge < -0.3 is 4.57 Å². The molecule has 65 heavy (non-hydrogen) atoms. The molecule has 0 atom stereocenters. The second kappa shape index (κ2) is 14.3. The molecule has 0 unspecified atom stereocenters. The molecule has 0 saturated carbocycles. The lowest BCUT2D eigenvalue weighted by Crippen LogP contribution is -2.60. The third-order valence-electron chi connectivity index (χ3n) is 13.9. The number of hydrogen-bond acceptors (Lipinski definition) is 3. The monoisotopic (exact) mass is 838 g/mol. The minimum absolute atomic E-state index is 0.0178. The Morgan fingerprint density at radius 2 is 1.18 bits per heavy atom. The molecule has 2 aliphatic rings. The molecule has 0 saturated heterocycles. The van der Waals surface area contributed by atoms with E-state index in [9.17, 15) is 0 Å². The van der Waals surface area contributed by atoms with Gasteiger partial charge in [-0.2, -0.15) is 0 Å². The summed E-state index contributed by atoms with van der Waals surface area (Å²) >= 11 is 0. The molecule has 0 aliphatic carbocycles. The highest BCUT2D eigenvalue weighted by Crippen LogP contribution is 2.46. The highest BCUT2D eigenvalue weighted by molar-refractivity contribution is 7.00. The molecule has 12 rings (SSSR count). The predicted octanol–water partition coefficient (Wildman–Crippen LogP) is 14.0. The number of pyridine rings is 1. The van der Waals surface area contributed by atoms with E-state index in [2.05, 4.69) is 245 Å². The lowest BCUT2D eigenvalue weighted by atomic mass is 9.34. The number of anilines is 6. The smallest absolute Gasteiger partial charge is 0.254 e. The van der Waals surface area contributed by atoms with Crippen LogP contribution in [0.15, 0.2) is 182 Å². The van der Waals surface area contributed by atoms with Crippen LogP contribution in [0.2, 0.25) is 0 Å². The number of fused-ring (bicyclic) bond motifs is 8. The van der Waals surface area contributed by atoms with Crippen LogP contribution in [0.1, 0.15) is 58.2 Å². The van der Waals surface area contributed by atoms with Crippen molar-refractivity contribution in [2.75, 3.05) is 9.80 Å². The van der Waals surface area contributed by atoms with Gasteiger partial charge in [-0.15, -0.1) is 0 Å². The van der Waals surface area contributed by atoms with Gasteiger partial charge in [0, 0.05) is 44.4 Å². The fourth-order valence-corrected chi connectivity index (χ4v) is 10.9. The maximum Gasteiger partial charge on any atom is 0.254 e. The van der Waals surface area contributed by atoms with Crippen LogP contribution in [0, 0.1) is 6.92 Å². The number of para-hydroxylation sites is 2. The van der Waals surface area contributed by atoms with Gasteiger partial charge in [0.1, 0.15) is 11.6 Å². The van der Waals surface area contributed by atoms with Crippen LogP contribution >= 0.6 is 0 Å². The van der Waals surface area contributed by atoms with Crippen molar-refractivity contribution in [2.45, 2.75) is 59.3 Å². The Morgan fingerprint density at radius 1 is 0.523 bits per heavy atom. The maximum absolute atomic E-state index is 5.94. The van der Waals surface area contributed by atoms with Crippen LogP contribution in [0.4, 0.5) is 34.4 Å². The average Bonchev–Trinajstić information content (AvgIpc) is 3.65. The molecule has 4 heterocycles. The summed E-state index contributed by atoms with van der Waals surface area (Å²) in [6.45, 7) is 15.9. The second-order valence-electron chi connectivity index (χ2n) is 20.1. The summed E-state index contributed by atoms with van der Waals surface area (Å²) in [4.78, 5) is 10.8. The molecule has 4 nitrogen and oxygen atoms in total. The van der Waals surface area contributed by atoms with Crippen LogP contribution < -0.4 is 26.2 Å². The largest absolute Gasteiger partial charge is 0.310 e. The summed E-state index contributed by atoms with van der Waals surface area (Å²) < 4.78 is 2.54. The zero-order valence-electron chi connectivity index (χ0n) is 38.2. The number of aromatic nitrogens is 2. The first-order valence-electron chi connectivity index (χ1n) is 23.0. The molecule has 0 bridgehead atoms. The van der Waals surface area contributed by atoms with E-state index in [1.54, 1.807) is 0 Å². The molecule has 0 spiro atoms. The van der Waals surface area contributed by atoms with Crippen molar-refractivity contribution in [1.82, 2.24) is 9.55 Å². The molecule has 0 fully saturated rings. The predicted molar refractivity (Wildman–Crippen MR) is 278 cm³/mol. The van der Waals surface area contributed by atoms with E-state index in [-0.39, 0.29) is 17.5 Å². The van der Waals surface area contributed by atoms with Crippen LogP contribution in [-0.4, -0.2) is 16.3 Å². The number of hydrogen-bond donors (Lipinski definition) is 0. The van der Waals surface area contributed by atoms with Gasteiger partial charge in [-0.05, 0) is 128 Å².